The summed E-state index contributed by atoms with van der Waals surface area (Å²) in [4.78, 5) is 11.6. The van der Waals surface area contributed by atoms with Gasteiger partial charge in [0.1, 0.15) is 0 Å². The van der Waals surface area contributed by atoms with E-state index in [0.29, 0.717) is 13.0 Å². The van der Waals surface area contributed by atoms with Crippen LogP contribution in [-0.2, 0) is 9.53 Å². The highest BCUT2D eigenvalue weighted by Crippen LogP contribution is 2.46. The third-order valence-corrected chi connectivity index (χ3v) is 4.72. The molecule has 1 fully saturated rings. The molecule has 1 aliphatic rings. The van der Waals surface area contributed by atoms with Crippen molar-refractivity contribution in [3.8, 4) is 0 Å². The van der Waals surface area contributed by atoms with Crippen LogP contribution < -0.4 is 0 Å². The minimum absolute atomic E-state index is 0.353. The van der Waals surface area contributed by atoms with Crippen LogP contribution in [0.2, 0.25) is 0 Å². The summed E-state index contributed by atoms with van der Waals surface area (Å²) in [5, 5.41) is 11.2. The molecule has 2 unspecified atom stereocenters. The normalized spacial score (nSPS) is 28.3. The average Bonchev–Trinajstić information content (AvgIpc) is 2.56. The maximum absolute atomic E-state index is 11.6. The molecule has 1 N–H and O–H groups in total. The lowest BCUT2D eigenvalue weighted by Gasteiger charge is -2.45. The minimum atomic E-state index is -0.954. The van der Waals surface area contributed by atoms with Crippen LogP contribution in [0.1, 0.15) is 45.1 Å². The molecule has 23 heavy (non-hydrogen) atoms. The van der Waals surface area contributed by atoms with E-state index >= 15 is 0 Å². The Kier molecular flexibility index (Phi) is 5.78. The first-order valence-electron chi connectivity index (χ1n) is 8.32. The molecule has 1 aromatic carbocycles. The van der Waals surface area contributed by atoms with E-state index in [1.54, 1.807) is 6.92 Å². The molecular weight excluding hydrogens is 288 g/mol. The smallest absolute Gasteiger partial charge is 0.330 e. The molecule has 0 bridgehead atoms. The highest BCUT2D eigenvalue weighted by atomic mass is 16.5. The monoisotopic (exact) mass is 314 g/mol. The Balaban J connectivity index is 2.21. The highest BCUT2D eigenvalue weighted by Gasteiger charge is 2.45. The van der Waals surface area contributed by atoms with E-state index in [1.165, 1.54) is 6.08 Å². The molecule has 1 aliphatic carbocycles. The SMILES string of the molecule is CCOC(=O)/C=C/C1(C)CCCCC1(O)/C=C/c1ccccc1. The lowest BCUT2D eigenvalue weighted by atomic mass is 9.64. The van der Waals surface area contributed by atoms with Gasteiger partial charge in [0.2, 0.25) is 0 Å². The van der Waals surface area contributed by atoms with Crippen molar-refractivity contribution in [1.29, 1.82) is 0 Å². The maximum Gasteiger partial charge on any atom is 0.330 e. The standard InChI is InChI=1S/C20H26O3/c1-3-23-18(21)12-15-19(2)13-7-8-14-20(19,22)16-11-17-9-5-4-6-10-17/h4-6,9-12,15-16,22H,3,7-8,13-14H2,1-2H3/b15-12+,16-11+. The number of carbonyl (C=O) groups excluding carboxylic acids is 1. The molecule has 0 heterocycles. The fourth-order valence-corrected chi connectivity index (χ4v) is 3.13. The zero-order valence-corrected chi connectivity index (χ0v) is 14.0. The first-order chi connectivity index (χ1) is 11.0. The molecule has 1 aromatic rings. The number of hydrogen-bond donors (Lipinski definition) is 1. The molecule has 2 rings (SSSR count). The van der Waals surface area contributed by atoms with Crippen LogP contribution in [0.15, 0.2) is 48.6 Å². The molecule has 0 aromatic heterocycles. The van der Waals surface area contributed by atoms with E-state index in [-0.39, 0.29) is 5.97 Å². The number of aliphatic hydroxyl groups is 1. The fourth-order valence-electron chi connectivity index (χ4n) is 3.13. The fraction of sp³-hybridized carbons (Fsp3) is 0.450. The van der Waals surface area contributed by atoms with Crippen molar-refractivity contribution >= 4 is 12.0 Å². The van der Waals surface area contributed by atoms with E-state index in [9.17, 15) is 9.90 Å². The van der Waals surface area contributed by atoms with Crippen molar-refractivity contribution in [2.75, 3.05) is 6.61 Å². The summed E-state index contributed by atoms with van der Waals surface area (Å²) >= 11 is 0. The first kappa shape index (κ1) is 17.5. The molecule has 0 aliphatic heterocycles. The van der Waals surface area contributed by atoms with Gasteiger partial charge < -0.3 is 9.84 Å². The summed E-state index contributed by atoms with van der Waals surface area (Å²) < 4.78 is 4.95. The van der Waals surface area contributed by atoms with E-state index in [1.807, 2.05) is 55.5 Å². The van der Waals surface area contributed by atoms with Crippen molar-refractivity contribution in [3.05, 3.63) is 54.1 Å². The molecule has 3 heteroatoms. The highest BCUT2D eigenvalue weighted by molar-refractivity contribution is 5.82. The van der Waals surface area contributed by atoms with Crippen LogP contribution >= 0.6 is 0 Å². The van der Waals surface area contributed by atoms with Crippen molar-refractivity contribution in [2.24, 2.45) is 5.41 Å². The van der Waals surface area contributed by atoms with Crippen molar-refractivity contribution in [3.63, 3.8) is 0 Å². The van der Waals surface area contributed by atoms with Crippen LogP contribution in [0.4, 0.5) is 0 Å². The van der Waals surface area contributed by atoms with Gasteiger partial charge in [-0.25, -0.2) is 4.79 Å². The third kappa shape index (κ3) is 4.32. The van der Waals surface area contributed by atoms with Gasteiger partial charge in [-0.3, -0.25) is 0 Å². The molecule has 0 saturated heterocycles. The van der Waals surface area contributed by atoms with Gasteiger partial charge >= 0.3 is 5.97 Å². The average molecular weight is 314 g/mol. The number of benzene rings is 1. The molecular formula is C20H26O3. The molecule has 0 spiro atoms. The second kappa shape index (κ2) is 7.60. The van der Waals surface area contributed by atoms with E-state index in [2.05, 4.69) is 0 Å². The zero-order valence-electron chi connectivity index (χ0n) is 14.0. The van der Waals surface area contributed by atoms with Crippen molar-refractivity contribution < 1.29 is 14.6 Å². The summed E-state index contributed by atoms with van der Waals surface area (Å²) in [6, 6.07) is 9.94. The van der Waals surface area contributed by atoms with Gasteiger partial charge in [0.05, 0.1) is 12.2 Å². The van der Waals surface area contributed by atoms with Crippen LogP contribution in [-0.4, -0.2) is 23.3 Å². The lowest BCUT2D eigenvalue weighted by Crippen LogP contribution is -2.46. The Morgan fingerprint density at radius 2 is 1.91 bits per heavy atom. The summed E-state index contributed by atoms with van der Waals surface area (Å²) in [6.07, 6.45) is 10.7. The Bertz CT molecular complexity index is 576. The topological polar surface area (TPSA) is 46.5 Å². The summed E-state index contributed by atoms with van der Waals surface area (Å²) in [7, 11) is 0. The molecule has 124 valence electrons. The largest absolute Gasteiger partial charge is 0.463 e. The predicted molar refractivity (Wildman–Crippen MR) is 92.8 cm³/mol. The van der Waals surface area contributed by atoms with Gasteiger partial charge in [-0.2, -0.15) is 0 Å². The Morgan fingerprint density at radius 3 is 2.61 bits per heavy atom. The maximum atomic E-state index is 11.6. The first-order valence-corrected chi connectivity index (χ1v) is 8.32. The summed E-state index contributed by atoms with van der Waals surface area (Å²) in [6.45, 7) is 4.16. The van der Waals surface area contributed by atoms with E-state index in [4.69, 9.17) is 4.74 Å². The lowest BCUT2D eigenvalue weighted by molar-refractivity contribution is -0.137. The predicted octanol–water partition coefficient (Wildman–Crippen LogP) is 4.13. The van der Waals surface area contributed by atoms with Gasteiger partial charge in [0, 0.05) is 11.5 Å². The van der Waals surface area contributed by atoms with Crippen LogP contribution in [0.3, 0.4) is 0 Å². The molecule has 0 amide bonds. The summed E-state index contributed by atoms with van der Waals surface area (Å²) in [5.74, 6) is -0.353. The van der Waals surface area contributed by atoms with Gasteiger partial charge in [0.25, 0.3) is 0 Å². The van der Waals surface area contributed by atoms with Crippen LogP contribution in [0.25, 0.3) is 6.08 Å². The number of esters is 1. The Labute approximate surface area is 138 Å². The minimum Gasteiger partial charge on any atom is -0.463 e. The second-order valence-corrected chi connectivity index (χ2v) is 6.38. The molecule has 0 radical (unpaired) electrons. The van der Waals surface area contributed by atoms with Crippen LogP contribution in [0.5, 0.6) is 0 Å². The second-order valence-electron chi connectivity index (χ2n) is 6.38. The third-order valence-electron chi connectivity index (χ3n) is 4.72. The number of carbonyl (C=O) groups is 1. The number of ether oxygens (including phenoxy) is 1. The quantitative estimate of drug-likeness (QED) is 0.656. The Hall–Kier alpha value is -1.87. The molecule has 2 atom stereocenters. The van der Waals surface area contributed by atoms with Gasteiger partial charge in [0.15, 0.2) is 0 Å². The zero-order chi connectivity index (χ0) is 16.8. The van der Waals surface area contributed by atoms with Crippen molar-refractivity contribution in [2.45, 2.75) is 45.1 Å². The van der Waals surface area contributed by atoms with Gasteiger partial charge in [-0.05, 0) is 25.3 Å². The Morgan fingerprint density at radius 1 is 1.22 bits per heavy atom. The van der Waals surface area contributed by atoms with E-state index in [0.717, 1.165) is 24.8 Å². The summed E-state index contributed by atoms with van der Waals surface area (Å²) in [5.41, 5.74) is -0.365. The van der Waals surface area contributed by atoms with E-state index < -0.39 is 11.0 Å². The van der Waals surface area contributed by atoms with Crippen LogP contribution in [0, 0.1) is 5.41 Å². The van der Waals surface area contributed by atoms with Gasteiger partial charge in [-0.1, -0.05) is 68.3 Å². The van der Waals surface area contributed by atoms with Crippen molar-refractivity contribution in [1.82, 2.24) is 0 Å². The number of rotatable bonds is 5. The molecule has 3 nitrogen and oxygen atoms in total. The van der Waals surface area contributed by atoms with Gasteiger partial charge in [-0.15, -0.1) is 0 Å². The molecule has 1 saturated carbocycles. The number of hydrogen-bond acceptors (Lipinski definition) is 3.